The smallest absolute Gasteiger partial charge is 0.273 e. The molecule has 0 spiro atoms. The summed E-state index contributed by atoms with van der Waals surface area (Å²) in [4.78, 5) is 39.1. The predicted molar refractivity (Wildman–Crippen MR) is 144 cm³/mol. The first-order chi connectivity index (χ1) is 18.1. The van der Waals surface area contributed by atoms with E-state index in [1.54, 1.807) is 17.0 Å². The van der Waals surface area contributed by atoms with E-state index in [4.69, 9.17) is 0 Å². The van der Waals surface area contributed by atoms with Gasteiger partial charge in [0.15, 0.2) is 5.78 Å². The molecule has 1 saturated carbocycles. The summed E-state index contributed by atoms with van der Waals surface area (Å²) in [5.74, 6) is 0.0115. The maximum atomic E-state index is 13.8. The second kappa shape index (κ2) is 9.62. The van der Waals surface area contributed by atoms with Crippen LogP contribution in [0.15, 0.2) is 96.2 Å². The van der Waals surface area contributed by atoms with Crippen LogP contribution in [0.4, 0.5) is 0 Å². The minimum Gasteiger partial charge on any atom is -0.358 e. The topological polar surface area (TPSA) is 80.6 Å². The lowest BCUT2D eigenvalue weighted by atomic mass is 9.91. The Balaban J connectivity index is 1.27. The van der Waals surface area contributed by atoms with Gasteiger partial charge in [-0.1, -0.05) is 60.7 Å². The van der Waals surface area contributed by atoms with Gasteiger partial charge in [0.05, 0.1) is 18.4 Å². The Morgan fingerprint density at radius 3 is 2.46 bits per heavy atom. The maximum absolute atomic E-state index is 13.8. The molecule has 3 aromatic heterocycles. The van der Waals surface area contributed by atoms with Gasteiger partial charge in [-0.2, -0.15) is 0 Å². The highest BCUT2D eigenvalue weighted by molar-refractivity contribution is 5.81. The number of hydrogen-bond donors (Lipinski definition) is 1. The Morgan fingerprint density at radius 1 is 0.973 bits per heavy atom. The predicted octanol–water partition coefficient (Wildman–Crippen LogP) is 5.26. The normalized spacial score (nSPS) is 14.1. The molecule has 5 aromatic rings. The number of nitrogens with zero attached hydrogens (tertiary/aromatic N) is 3. The molecule has 0 amide bonds. The standard InChI is InChI=1S/C31H28N4O2/c36-26(12-11-25-17-23-19-32-16-13-27(23)34-25)21-35-29(22-7-3-1-4-8-22)20-33-28(30(35)37)18-31(14-15-31)24-9-5-2-6-10-24/h1-10,13,16-17,19-20,34H,11-12,14-15,18,21H2. The van der Waals surface area contributed by atoms with Gasteiger partial charge in [0.1, 0.15) is 5.69 Å². The summed E-state index contributed by atoms with van der Waals surface area (Å²) < 4.78 is 1.62. The van der Waals surface area contributed by atoms with E-state index in [1.807, 2.05) is 66.9 Å². The molecule has 1 aliphatic carbocycles. The van der Waals surface area contributed by atoms with Crippen molar-refractivity contribution in [2.75, 3.05) is 0 Å². The van der Waals surface area contributed by atoms with Crippen molar-refractivity contribution in [2.24, 2.45) is 0 Å². The van der Waals surface area contributed by atoms with Crippen LogP contribution < -0.4 is 5.56 Å². The summed E-state index contributed by atoms with van der Waals surface area (Å²) in [6.45, 7) is 0.0265. The van der Waals surface area contributed by atoms with Crippen LogP contribution >= 0.6 is 0 Å². The van der Waals surface area contributed by atoms with Gasteiger partial charge in [0.25, 0.3) is 5.56 Å². The van der Waals surface area contributed by atoms with E-state index in [0.29, 0.717) is 30.7 Å². The van der Waals surface area contributed by atoms with Crippen LogP contribution in [0.2, 0.25) is 0 Å². The molecule has 184 valence electrons. The number of aromatic amines is 1. The van der Waals surface area contributed by atoms with Crippen molar-refractivity contribution < 1.29 is 4.79 Å². The van der Waals surface area contributed by atoms with Gasteiger partial charge in [-0.15, -0.1) is 0 Å². The monoisotopic (exact) mass is 488 g/mol. The van der Waals surface area contributed by atoms with Crippen LogP contribution in [0.25, 0.3) is 22.2 Å². The van der Waals surface area contributed by atoms with Gasteiger partial charge in [0.2, 0.25) is 0 Å². The van der Waals surface area contributed by atoms with Crippen LogP contribution in [0.1, 0.15) is 36.2 Å². The molecule has 6 rings (SSSR count). The van der Waals surface area contributed by atoms with Gasteiger partial charge < -0.3 is 4.98 Å². The SMILES string of the molecule is O=C(CCc1cc2cnccc2[nH]1)Cn1c(-c2ccccc2)cnc(CC2(c3ccccc3)CC2)c1=O. The summed E-state index contributed by atoms with van der Waals surface area (Å²) in [6, 6.07) is 24.0. The molecule has 1 fully saturated rings. The third kappa shape index (κ3) is 4.75. The number of aromatic nitrogens is 4. The van der Waals surface area contributed by atoms with Crippen molar-refractivity contribution in [3.05, 3.63) is 119 Å². The van der Waals surface area contributed by atoms with Crippen molar-refractivity contribution in [3.63, 3.8) is 0 Å². The van der Waals surface area contributed by atoms with Gasteiger partial charge in [-0.25, -0.2) is 0 Å². The number of hydrogen-bond acceptors (Lipinski definition) is 4. The number of aryl methyl sites for hydroxylation is 1. The summed E-state index contributed by atoms with van der Waals surface area (Å²) in [5, 5.41) is 1.03. The molecule has 6 heteroatoms. The average molecular weight is 489 g/mol. The van der Waals surface area contributed by atoms with Crippen molar-refractivity contribution in [2.45, 2.75) is 44.1 Å². The lowest BCUT2D eigenvalue weighted by Gasteiger charge is -2.18. The molecule has 37 heavy (non-hydrogen) atoms. The van der Waals surface area contributed by atoms with E-state index < -0.39 is 0 Å². The van der Waals surface area contributed by atoms with Gasteiger partial charge >= 0.3 is 0 Å². The zero-order valence-electron chi connectivity index (χ0n) is 20.6. The highest BCUT2D eigenvalue weighted by Crippen LogP contribution is 2.50. The molecule has 0 saturated heterocycles. The van der Waals surface area contributed by atoms with Gasteiger partial charge in [-0.05, 0) is 42.5 Å². The number of rotatable bonds is 9. The number of benzene rings is 2. The highest BCUT2D eigenvalue weighted by atomic mass is 16.1. The van der Waals surface area contributed by atoms with E-state index in [9.17, 15) is 9.59 Å². The highest BCUT2D eigenvalue weighted by Gasteiger charge is 2.45. The lowest BCUT2D eigenvalue weighted by molar-refractivity contribution is -0.119. The number of nitrogens with one attached hydrogen (secondary N) is 1. The second-order valence-electron chi connectivity index (χ2n) is 9.97. The number of carbonyl (C=O) groups excluding carboxylic acids is 1. The quantitative estimate of drug-likeness (QED) is 0.307. The second-order valence-corrected chi connectivity index (χ2v) is 9.97. The van der Waals surface area contributed by atoms with Crippen LogP contribution in [0.5, 0.6) is 0 Å². The molecule has 0 atom stereocenters. The maximum Gasteiger partial charge on any atom is 0.273 e. The first-order valence-electron chi connectivity index (χ1n) is 12.7. The van der Waals surface area contributed by atoms with Gasteiger partial charge in [0, 0.05) is 47.2 Å². The number of ketones is 1. The average Bonchev–Trinajstić information content (AvgIpc) is 3.60. The third-order valence-electron chi connectivity index (χ3n) is 7.43. The van der Waals surface area contributed by atoms with E-state index in [-0.39, 0.29) is 23.3 Å². The first-order valence-corrected chi connectivity index (χ1v) is 12.7. The molecule has 0 aliphatic heterocycles. The number of pyridine rings is 1. The molecule has 0 bridgehead atoms. The van der Waals surface area contributed by atoms with E-state index in [1.165, 1.54) is 5.56 Å². The van der Waals surface area contributed by atoms with Gasteiger partial charge in [-0.3, -0.25) is 24.1 Å². The van der Waals surface area contributed by atoms with Crippen molar-refractivity contribution >= 4 is 16.7 Å². The minimum atomic E-state index is -0.173. The van der Waals surface area contributed by atoms with Crippen molar-refractivity contribution in [1.29, 1.82) is 0 Å². The van der Waals surface area contributed by atoms with E-state index in [2.05, 4.69) is 27.1 Å². The molecular weight excluding hydrogens is 460 g/mol. The molecule has 0 unspecified atom stereocenters. The van der Waals surface area contributed by atoms with Crippen LogP contribution in [0, 0.1) is 0 Å². The Hall–Kier alpha value is -4.32. The zero-order chi connectivity index (χ0) is 25.2. The summed E-state index contributed by atoms with van der Waals surface area (Å²) in [5.41, 5.74) is 5.11. The molecule has 2 aromatic carbocycles. The molecule has 1 N–H and O–H groups in total. The Labute approximate surface area is 215 Å². The molecule has 3 heterocycles. The number of Topliss-reactive ketones (excluding diaryl/α,β-unsaturated/α-hetero) is 1. The van der Waals surface area contributed by atoms with Crippen LogP contribution in [-0.4, -0.2) is 25.3 Å². The fourth-order valence-electron chi connectivity index (χ4n) is 5.17. The Morgan fingerprint density at radius 2 is 1.73 bits per heavy atom. The fourth-order valence-corrected chi connectivity index (χ4v) is 5.17. The largest absolute Gasteiger partial charge is 0.358 e. The summed E-state index contributed by atoms with van der Waals surface area (Å²) >= 11 is 0. The van der Waals surface area contributed by atoms with Crippen molar-refractivity contribution in [3.8, 4) is 11.3 Å². The zero-order valence-corrected chi connectivity index (χ0v) is 20.6. The summed E-state index contributed by atoms with van der Waals surface area (Å²) in [7, 11) is 0. The molecule has 1 aliphatic rings. The van der Waals surface area contributed by atoms with Crippen molar-refractivity contribution in [1.82, 2.24) is 19.5 Å². The number of H-pyrrole nitrogens is 1. The summed E-state index contributed by atoms with van der Waals surface area (Å²) in [6.07, 6.45) is 8.90. The molecular formula is C31H28N4O2. The fraction of sp³-hybridized carbons (Fsp3) is 0.226. The molecule has 6 nitrogen and oxygen atoms in total. The lowest BCUT2D eigenvalue weighted by Crippen LogP contribution is -2.31. The number of carbonyl (C=O) groups is 1. The Bertz CT molecular complexity index is 1580. The first kappa shape index (κ1) is 23.1. The van der Waals surface area contributed by atoms with E-state index in [0.717, 1.165) is 35.0 Å². The van der Waals surface area contributed by atoms with Crippen LogP contribution in [0.3, 0.4) is 0 Å². The minimum absolute atomic E-state index is 0.0115. The number of fused-ring (bicyclic) bond motifs is 1. The van der Waals surface area contributed by atoms with Crippen LogP contribution in [-0.2, 0) is 29.6 Å². The third-order valence-corrected chi connectivity index (χ3v) is 7.43. The van der Waals surface area contributed by atoms with E-state index >= 15 is 0 Å². The molecule has 0 radical (unpaired) electrons. The Kier molecular flexibility index (Phi) is 6.01.